The molecule has 0 saturated heterocycles. The summed E-state index contributed by atoms with van der Waals surface area (Å²) in [6, 6.07) is 1.09. The van der Waals surface area contributed by atoms with E-state index in [-0.39, 0.29) is 12.2 Å². The molecule has 90 valence electrons. The van der Waals surface area contributed by atoms with Crippen molar-refractivity contribution in [2.45, 2.75) is 33.1 Å². The summed E-state index contributed by atoms with van der Waals surface area (Å²) in [6.45, 7) is 3.83. The van der Waals surface area contributed by atoms with E-state index in [0.29, 0.717) is 18.7 Å². The number of aryl methyl sites for hydroxylation is 1. The lowest BCUT2D eigenvalue weighted by Gasteiger charge is -2.13. The highest BCUT2D eigenvalue weighted by Crippen LogP contribution is 2.32. The molecule has 0 unspecified atom stereocenters. The van der Waals surface area contributed by atoms with Crippen molar-refractivity contribution in [1.82, 2.24) is 4.98 Å². The number of hydrogen-bond acceptors (Lipinski definition) is 2. The Morgan fingerprint density at radius 3 is 2.50 bits per heavy atom. The summed E-state index contributed by atoms with van der Waals surface area (Å²) in [7, 11) is 0. The summed E-state index contributed by atoms with van der Waals surface area (Å²) in [5, 5.41) is 0. The summed E-state index contributed by atoms with van der Waals surface area (Å²) in [4.78, 5) is 3.94. The molecule has 0 bridgehead atoms. The first-order valence-electron chi connectivity index (χ1n) is 5.11. The van der Waals surface area contributed by atoms with Crippen molar-refractivity contribution in [3.05, 3.63) is 29.1 Å². The first-order chi connectivity index (χ1) is 7.49. The van der Waals surface area contributed by atoms with Gasteiger partial charge in [0.2, 0.25) is 0 Å². The summed E-state index contributed by atoms with van der Waals surface area (Å²) in [5.74, 6) is 0. The zero-order valence-electron chi connectivity index (χ0n) is 9.27. The molecular weight excluding hydrogens is 219 g/mol. The van der Waals surface area contributed by atoms with Crippen molar-refractivity contribution >= 4 is 0 Å². The third-order valence-electron chi connectivity index (χ3n) is 2.17. The highest BCUT2D eigenvalue weighted by atomic mass is 19.4. The molecule has 0 aliphatic rings. The van der Waals surface area contributed by atoms with Gasteiger partial charge in [0, 0.05) is 24.1 Å². The van der Waals surface area contributed by atoms with Gasteiger partial charge in [-0.3, -0.25) is 4.98 Å². The molecule has 1 rings (SSSR count). The maximum Gasteiger partial charge on any atom is 0.416 e. The molecule has 0 aromatic carbocycles. The summed E-state index contributed by atoms with van der Waals surface area (Å²) < 4.78 is 43.1. The molecule has 0 aliphatic carbocycles. The summed E-state index contributed by atoms with van der Waals surface area (Å²) in [6.07, 6.45) is -2.62. The van der Waals surface area contributed by atoms with Crippen LogP contribution in [0.1, 0.15) is 30.7 Å². The van der Waals surface area contributed by atoms with E-state index in [2.05, 4.69) is 4.98 Å². The molecule has 5 heteroatoms. The minimum absolute atomic E-state index is 0.0532. The second kappa shape index (κ2) is 5.30. The smallest absolute Gasteiger partial charge is 0.377 e. The molecule has 0 saturated carbocycles. The quantitative estimate of drug-likeness (QED) is 0.796. The number of aromatic nitrogens is 1. The van der Waals surface area contributed by atoms with Gasteiger partial charge < -0.3 is 4.74 Å². The molecule has 0 atom stereocenters. The van der Waals surface area contributed by atoms with Crippen LogP contribution in [0.4, 0.5) is 13.2 Å². The number of pyridine rings is 1. The number of hydrogen-bond donors (Lipinski definition) is 0. The lowest BCUT2D eigenvalue weighted by molar-refractivity contribution is -0.139. The minimum atomic E-state index is -4.35. The van der Waals surface area contributed by atoms with Crippen molar-refractivity contribution in [3.8, 4) is 0 Å². The number of halogens is 3. The van der Waals surface area contributed by atoms with Gasteiger partial charge in [-0.25, -0.2) is 0 Å². The Bertz CT molecular complexity index is 350. The van der Waals surface area contributed by atoms with Gasteiger partial charge in [-0.15, -0.1) is 0 Å². The first kappa shape index (κ1) is 13.0. The van der Waals surface area contributed by atoms with Crippen molar-refractivity contribution in [2.24, 2.45) is 0 Å². The van der Waals surface area contributed by atoms with E-state index >= 15 is 0 Å². The number of alkyl halides is 3. The zero-order chi connectivity index (χ0) is 12.2. The van der Waals surface area contributed by atoms with Gasteiger partial charge in [0.15, 0.2) is 0 Å². The van der Waals surface area contributed by atoms with Gasteiger partial charge in [0.05, 0.1) is 12.2 Å². The Balaban J connectivity index is 3.06. The maximum absolute atomic E-state index is 12.7. The molecule has 1 aromatic heterocycles. The summed E-state index contributed by atoms with van der Waals surface area (Å²) in [5.41, 5.74) is -0.119. The molecule has 0 amide bonds. The van der Waals surface area contributed by atoms with Crippen LogP contribution in [0.2, 0.25) is 0 Å². The second-order valence-corrected chi connectivity index (χ2v) is 3.32. The van der Waals surface area contributed by atoms with E-state index in [0.717, 1.165) is 6.07 Å². The number of rotatable bonds is 4. The van der Waals surface area contributed by atoms with Gasteiger partial charge >= 0.3 is 6.18 Å². The topological polar surface area (TPSA) is 22.1 Å². The lowest BCUT2D eigenvalue weighted by Crippen LogP contribution is -2.12. The van der Waals surface area contributed by atoms with Crippen LogP contribution in [-0.2, 0) is 23.9 Å². The number of nitrogens with zero attached hydrogens (tertiary/aromatic N) is 1. The average molecular weight is 233 g/mol. The van der Waals surface area contributed by atoms with Crippen LogP contribution in [0.5, 0.6) is 0 Å². The molecule has 0 aliphatic heterocycles. The average Bonchev–Trinajstić information content (AvgIpc) is 2.25. The molecule has 0 radical (unpaired) electrons. The Morgan fingerprint density at radius 2 is 2.00 bits per heavy atom. The molecule has 1 heterocycles. The van der Waals surface area contributed by atoms with Crippen LogP contribution in [-0.4, -0.2) is 11.6 Å². The van der Waals surface area contributed by atoms with Crippen molar-refractivity contribution in [1.29, 1.82) is 0 Å². The molecule has 0 N–H and O–H groups in total. The van der Waals surface area contributed by atoms with Crippen LogP contribution in [0.25, 0.3) is 0 Å². The highest BCUT2D eigenvalue weighted by molar-refractivity contribution is 5.29. The molecule has 1 aromatic rings. The highest BCUT2D eigenvalue weighted by Gasteiger charge is 2.33. The largest absolute Gasteiger partial charge is 0.416 e. The van der Waals surface area contributed by atoms with Gasteiger partial charge in [0.1, 0.15) is 0 Å². The molecule has 0 spiro atoms. The standard InChI is InChI=1S/C11H14F3NO/c1-3-9-5-10(11(12,13)14)8(6-15-9)7-16-4-2/h5-6H,3-4,7H2,1-2H3. The third-order valence-corrected chi connectivity index (χ3v) is 2.17. The molecule has 2 nitrogen and oxygen atoms in total. The fourth-order valence-corrected chi connectivity index (χ4v) is 1.31. The van der Waals surface area contributed by atoms with E-state index in [1.807, 2.05) is 0 Å². The number of ether oxygens (including phenoxy) is 1. The van der Waals surface area contributed by atoms with E-state index < -0.39 is 11.7 Å². The first-order valence-corrected chi connectivity index (χ1v) is 5.11. The Morgan fingerprint density at radius 1 is 1.31 bits per heavy atom. The monoisotopic (exact) mass is 233 g/mol. The predicted molar refractivity (Wildman–Crippen MR) is 53.9 cm³/mol. The lowest BCUT2D eigenvalue weighted by atomic mass is 10.1. The van der Waals surface area contributed by atoms with Gasteiger partial charge in [-0.05, 0) is 19.4 Å². The predicted octanol–water partition coefficient (Wildman–Crippen LogP) is 3.20. The van der Waals surface area contributed by atoms with Gasteiger partial charge in [-0.1, -0.05) is 6.92 Å². The van der Waals surface area contributed by atoms with Crippen LogP contribution >= 0.6 is 0 Å². The van der Waals surface area contributed by atoms with Crippen LogP contribution in [0.3, 0.4) is 0 Å². The Kier molecular flexibility index (Phi) is 4.29. The van der Waals surface area contributed by atoms with E-state index in [1.54, 1.807) is 13.8 Å². The van der Waals surface area contributed by atoms with E-state index in [4.69, 9.17) is 4.74 Å². The minimum Gasteiger partial charge on any atom is -0.377 e. The molecular formula is C11H14F3NO. The molecule has 0 fully saturated rings. The van der Waals surface area contributed by atoms with Gasteiger partial charge in [-0.2, -0.15) is 13.2 Å². The Hall–Kier alpha value is -1.10. The Labute approximate surface area is 92.5 Å². The summed E-state index contributed by atoms with van der Waals surface area (Å²) >= 11 is 0. The zero-order valence-corrected chi connectivity index (χ0v) is 9.27. The fraction of sp³-hybridized carbons (Fsp3) is 0.545. The van der Waals surface area contributed by atoms with Crippen molar-refractivity contribution in [2.75, 3.05) is 6.61 Å². The van der Waals surface area contributed by atoms with E-state index in [9.17, 15) is 13.2 Å². The van der Waals surface area contributed by atoms with E-state index in [1.165, 1.54) is 6.20 Å². The van der Waals surface area contributed by atoms with Crippen molar-refractivity contribution < 1.29 is 17.9 Å². The van der Waals surface area contributed by atoms with Crippen LogP contribution < -0.4 is 0 Å². The third kappa shape index (κ3) is 3.20. The fourth-order valence-electron chi connectivity index (χ4n) is 1.31. The maximum atomic E-state index is 12.7. The van der Waals surface area contributed by atoms with Gasteiger partial charge in [0.25, 0.3) is 0 Å². The SMILES string of the molecule is CCOCc1cnc(CC)cc1C(F)(F)F. The van der Waals surface area contributed by atoms with Crippen molar-refractivity contribution in [3.63, 3.8) is 0 Å². The molecule has 16 heavy (non-hydrogen) atoms. The van der Waals surface area contributed by atoms with Crippen LogP contribution in [0, 0.1) is 0 Å². The van der Waals surface area contributed by atoms with Crippen LogP contribution in [0.15, 0.2) is 12.3 Å². The normalized spacial score (nSPS) is 11.8. The second-order valence-electron chi connectivity index (χ2n) is 3.32.